The fraction of sp³-hybridized carbons (Fsp3) is 0.0714. The summed E-state index contributed by atoms with van der Waals surface area (Å²) < 4.78 is 16.0. The number of benzene rings is 2. The molecule has 0 saturated heterocycles. The molecule has 0 saturated carbocycles. The third-order valence-corrected chi connectivity index (χ3v) is 4.08. The first kappa shape index (κ1) is 13.9. The molecule has 102 valence electrons. The van der Waals surface area contributed by atoms with Crippen LogP contribution >= 0.6 is 39.1 Å². The van der Waals surface area contributed by atoms with Crippen molar-refractivity contribution in [3.63, 3.8) is 0 Å². The Morgan fingerprint density at radius 2 is 2.00 bits per heavy atom. The Morgan fingerprint density at radius 1 is 1.20 bits per heavy atom. The molecule has 0 spiro atoms. The molecule has 1 aromatic heterocycles. The fourth-order valence-electron chi connectivity index (χ4n) is 2.10. The number of rotatable bonds is 2. The van der Waals surface area contributed by atoms with E-state index in [4.69, 9.17) is 23.2 Å². The van der Waals surface area contributed by atoms with Crippen LogP contribution in [0.4, 0.5) is 4.39 Å². The van der Waals surface area contributed by atoms with E-state index in [1.165, 1.54) is 6.07 Å². The molecule has 2 nitrogen and oxygen atoms in total. The van der Waals surface area contributed by atoms with E-state index in [-0.39, 0.29) is 11.7 Å². The third-order valence-electron chi connectivity index (χ3n) is 2.97. The highest BCUT2D eigenvalue weighted by molar-refractivity contribution is 9.10. The highest BCUT2D eigenvalue weighted by Gasteiger charge is 2.13. The van der Waals surface area contributed by atoms with Crippen LogP contribution in [0.3, 0.4) is 0 Å². The molecule has 0 fully saturated rings. The topological polar surface area (TPSA) is 17.8 Å². The summed E-state index contributed by atoms with van der Waals surface area (Å²) in [7, 11) is 0. The Balaban J connectivity index is 2.32. The Kier molecular flexibility index (Phi) is 3.71. The van der Waals surface area contributed by atoms with Crippen LogP contribution in [0.1, 0.15) is 5.82 Å². The van der Waals surface area contributed by atoms with Gasteiger partial charge in [0.2, 0.25) is 0 Å². The van der Waals surface area contributed by atoms with Gasteiger partial charge in [0, 0.05) is 5.02 Å². The minimum Gasteiger partial charge on any atom is -0.295 e. The zero-order valence-electron chi connectivity index (χ0n) is 10.1. The first-order valence-corrected chi connectivity index (χ1v) is 7.49. The molecule has 0 aliphatic rings. The summed E-state index contributed by atoms with van der Waals surface area (Å²) in [6.45, 7) is 0. The van der Waals surface area contributed by atoms with Gasteiger partial charge in [0.1, 0.15) is 11.6 Å². The van der Waals surface area contributed by atoms with E-state index in [2.05, 4.69) is 20.9 Å². The van der Waals surface area contributed by atoms with Gasteiger partial charge < -0.3 is 0 Å². The number of halogens is 4. The second kappa shape index (κ2) is 5.35. The van der Waals surface area contributed by atoms with Crippen LogP contribution in [0.2, 0.25) is 5.02 Å². The van der Waals surface area contributed by atoms with Gasteiger partial charge in [-0.2, -0.15) is 0 Å². The fourth-order valence-corrected chi connectivity index (χ4v) is 2.69. The summed E-state index contributed by atoms with van der Waals surface area (Å²) in [5, 5.41) is 0.595. The van der Waals surface area contributed by atoms with E-state index in [0.717, 1.165) is 11.0 Å². The molecule has 0 unspecified atom stereocenters. The number of fused-ring (bicyclic) bond motifs is 1. The Labute approximate surface area is 133 Å². The Bertz CT molecular complexity index is 801. The molecule has 0 bridgehead atoms. The van der Waals surface area contributed by atoms with Gasteiger partial charge in [0.15, 0.2) is 0 Å². The van der Waals surface area contributed by atoms with Crippen LogP contribution in [0.15, 0.2) is 40.9 Å². The lowest BCUT2D eigenvalue weighted by atomic mass is 10.2. The monoisotopic (exact) mass is 372 g/mol. The molecule has 1 heterocycles. The van der Waals surface area contributed by atoms with Gasteiger partial charge in [-0.3, -0.25) is 4.57 Å². The van der Waals surface area contributed by atoms with Crippen molar-refractivity contribution in [3.8, 4) is 5.69 Å². The molecule has 0 atom stereocenters. The maximum Gasteiger partial charge on any atom is 0.139 e. The van der Waals surface area contributed by atoms with E-state index in [9.17, 15) is 4.39 Å². The van der Waals surface area contributed by atoms with Gasteiger partial charge in [-0.15, -0.1) is 11.6 Å². The highest BCUT2D eigenvalue weighted by atomic mass is 79.9. The minimum absolute atomic E-state index is 0.226. The smallest absolute Gasteiger partial charge is 0.139 e. The van der Waals surface area contributed by atoms with Gasteiger partial charge in [0.05, 0.1) is 27.1 Å². The highest BCUT2D eigenvalue weighted by Crippen LogP contribution is 2.27. The number of nitrogens with zero attached hydrogens (tertiary/aromatic N) is 2. The molecular formula is C14H8BrCl2FN2. The van der Waals surface area contributed by atoms with Crippen LogP contribution in [-0.2, 0) is 5.88 Å². The lowest BCUT2D eigenvalue weighted by Gasteiger charge is -2.08. The maximum absolute atomic E-state index is 13.7. The summed E-state index contributed by atoms with van der Waals surface area (Å²) >= 11 is 15.1. The molecule has 3 aromatic rings. The molecule has 3 rings (SSSR count). The van der Waals surface area contributed by atoms with Gasteiger partial charge in [-0.1, -0.05) is 11.6 Å². The van der Waals surface area contributed by atoms with Crippen molar-refractivity contribution in [1.29, 1.82) is 0 Å². The van der Waals surface area contributed by atoms with Crippen molar-refractivity contribution in [1.82, 2.24) is 9.55 Å². The number of aromatic nitrogens is 2. The van der Waals surface area contributed by atoms with E-state index < -0.39 is 0 Å². The zero-order valence-corrected chi connectivity index (χ0v) is 13.2. The summed E-state index contributed by atoms with van der Waals surface area (Å²) in [6, 6.07) is 10.3. The second-order valence-corrected chi connectivity index (χ2v) is 5.79. The second-order valence-electron chi connectivity index (χ2n) is 4.23. The largest absolute Gasteiger partial charge is 0.295 e. The standard InChI is InChI=1S/C14H8BrCl2FN2/c15-10-3-2-9(6-11(10)18)20-13-5-8(17)1-4-12(13)19-14(20)7-16/h1-6H,7H2. The predicted molar refractivity (Wildman–Crippen MR) is 83.3 cm³/mol. The van der Waals surface area contributed by atoms with Crippen molar-refractivity contribution in [3.05, 3.63) is 57.5 Å². The number of alkyl halides is 1. The number of hydrogen-bond donors (Lipinski definition) is 0. The average molecular weight is 374 g/mol. The SMILES string of the molecule is Fc1cc(-n2c(CCl)nc3ccc(Cl)cc32)ccc1Br. The molecule has 6 heteroatoms. The quantitative estimate of drug-likeness (QED) is 0.556. The van der Waals surface area contributed by atoms with Crippen LogP contribution in [0, 0.1) is 5.82 Å². The average Bonchev–Trinajstić information content (AvgIpc) is 2.79. The predicted octanol–water partition coefficient (Wildman–Crippen LogP) is 5.32. The lowest BCUT2D eigenvalue weighted by Crippen LogP contribution is -2.00. The van der Waals surface area contributed by atoms with Gasteiger partial charge in [-0.05, 0) is 52.3 Å². The van der Waals surface area contributed by atoms with Gasteiger partial charge >= 0.3 is 0 Å². The van der Waals surface area contributed by atoms with Crippen molar-refractivity contribution in [2.24, 2.45) is 0 Å². The summed E-state index contributed by atoms with van der Waals surface area (Å²) in [5.74, 6) is 0.529. The zero-order chi connectivity index (χ0) is 14.3. The van der Waals surface area contributed by atoms with Gasteiger partial charge in [-0.25, -0.2) is 9.37 Å². The molecule has 0 amide bonds. The Hall–Kier alpha value is -1.10. The van der Waals surface area contributed by atoms with E-state index >= 15 is 0 Å². The first-order valence-electron chi connectivity index (χ1n) is 5.78. The number of hydrogen-bond acceptors (Lipinski definition) is 1. The van der Waals surface area contributed by atoms with Crippen LogP contribution in [0.5, 0.6) is 0 Å². The minimum atomic E-state index is -0.341. The molecular weight excluding hydrogens is 366 g/mol. The van der Waals surface area contributed by atoms with Crippen molar-refractivity contribution < 1.29 is 4.39 Å². The third kappa shape index (κ3) is 2.32. The van der Waals surface area contributed by atoms with Crippen LogP contribution in [0.25, 0.3) is 16.7 Å². The van der Waals surface area contributed by atoms with E-state index in [0.29, 0.717) is 21.0 Å². The van der Waals surface area contributed by atoms with Gasteiger partial charge in [0.25, 0.3) is 0 Å². The summed E-state index contributed by atoms with van der Waals surface area (Å²) in [4.78, 5) is 4.44. The molecule has 0 aliphatic heterocycles. The van der Waals surface area contributed by atoms with E-state index in [1.54, 1.807) is 24.3 Å². The van der Waals surface area contributed by atoms with Crippen LogP contribution in [-0.4, -0.2) is 9.55 Å². The summed E-state index contributed by atoms with van der Waals surface area (Å²) in [6.07, 6.45) is 0. The maximum atomic E-state index is 13.7. The van der Waals surface area contributed by atoms with Crippen LogP contribution < -0.4 is 0 Å². The molecule has 0 radical (unpaired) electrons. The Morgan fingerprint density at radius 3 is 2.70 bits per heavy atom. The van der Waals surface area contributed by atoms with Crippen molar-refractivity contribution in [2.45, 2.75) is 5.88 Å². The molecule has 0 N–H and O–H groups in total. The van der Waals surface area contributed by atoms with E-state index in [1.807, 2.05) is 10.6 Å². The normalized spacial score (nSPS) is 11.2. The van der Waals surface area contributed by atoms with Crippen molar-refractivity contribution in [2.75, 3.05) is 0 Å². The van der Waals surface area contributed by atoms with Crippen molar-refractivity contribution >= 4 is 50.2 Å². The molecule has 0 aliphatic carbocycles. The molecule has 2 aromatic carbocycles. The number of imidazole rings is 1. The first-order chi connectivity index (χ1) is 9.60. The lowest BCUT2D eigenvalue weighted by molar-refractivity contribution is 0.620. The summed E-state index contributed by atoms with van der Waals surface area (Å²) in [5.41, 5.74) is 2.23. The molecule has 20 heavy (non-hydrogen) atoms.